The number of aromatic nitrogens is 2. The number of nitrogens with one attached hydrogen (secondary N) is 1. The highest BCUT2D eigenvalue weighted by Gasteiger charge is 2.40. The van der Waals surface area contributed by atoms with Gasteiger partial charge in [0.15, 0.2) is 5.65 Å². The van der Waals surface area contributed by atoms with Gasteiger partial charge in [-0.25, -0.2) is 13.8 Å². The number of benzene rings is 1. The molecule has 2 aromatic heterocycles. The number of rotatable bonds is 5. The Morgan fingerprint density at radius 1 is 1.19 bits per heavy atom. The van der Waals surface area contributed by atoms with Crippen LogP contribution in [0.1, 0.15) is 30.1 Å². The highest BCUT2D eigenvalue weighted by Crippen LogP contribution is 2.27. The zero-order valence-electron chi connectivity index (χ0n) is 18.6. The first-order valence-corrected chi connectivity index (χ1v) is 10.8. The molecule has 2 atom stereocenters. The molecule has 2 N–H and O–H groups in total. The second-order valence-electron chi connectivity index (χ2n) is 8.19. The smallest absolute Gasteiger partial charge is 0.391 e. The quantitative estimate of drug-likeness (QED) is 0.514. The molecule has 1 aliphatic rings. The second-order valence-corrected chi connectivity index (χ2v) is 8.19. The van der Waals surface area contributed by atoms with Crippen molar-refractivity contribution in [1.29, 1.82) is 0 Å². The van der Waals surface area contributed by atoms with Gasteiger partial charge in [-0.3, -0.25) is 23.9 Å². The standard InChI is InChI=1S/C23H19F5N4O4/c1-2-16(23(26,27)28)29-22(36)13-10-32(19-14(24)4-3-5-15(19)25)21-12(20(13)35)6-7-17(30-21)31-9-11(33)8-18(31)34/h3-7,10-11,16,33H,2,8-9H2,1H3,(H,29,36). The number of hydrogen-bond acceptors (Lipinski definition) is 5. The fourth-order valence-corrected chi connectivity index (χ4v) is 3.96. The molecule has 0 spiro atoms. The van der Waals surface area contributed by atoms with E-state index in [0.717, 1.165) is 33.7 Å². The Morgan fingerprint density at radius 2 is 1.86 bits per heavy atom. The fourth-order valence-electron chi connectivity index (χ4n) is 3.96. The predicted molar refractivity (Wildman–Crippen MR) is 118 cm³/mol. The normalized spacial score (nSPS) is 17.0. The number of nitrogens with zero attached hydrogens (tertiary/aromatic N) is 3. The van der Waals surface area contributed by atoms with Crippen molar-refractivity contribution in [2.45, 2.75) is 38.1 Å². The van der Waals surface area contributed by atoms with Crippen LogP contribution in [0.4, 0.5) is 27.8 Å². The Labute approximate surface area is 200 Å². The van der Waals surface area contributed by atoms with Crippen molar-refractivity contribution in [3.63, 3.8) is 0 Å². The van der Waals surface area contributed by atoms with Gasteiger partial charge in [-0.2, -0.15) is 13.2 Å². The van der Waals surface area contributed by atoms with Crippen LogP contribution in [0.2, 0.25) is 0 Å². The SMILES string of the molecule is CCC(NC(=O)c1cn(-c2c(F)cccc2F)c2nc(N3CC(O)CC3=O)ccc2c1=O)C(F)(F)F. The molecule has 0 aliphatic carbocycles. The van der Waals surface area contributed by atoms with Gasteiger partial charge in [0.1, 0.15) is 34.7 Å². The maximum absolute atomic E-state index is 14.7. The number of pyridine rings is 2. The molecule has 3 aromatic rings. The first kappa shape index (κ1) is 25.2. The number of carbonyl (C=O) groups is 2. The highest BCUT2D eigenvalue weighted by atomic mass is 19.4. The number of aliphatic hydroxyl groups is 1. The summed E-state index contributed by atoms with van der Waals surface area (Å²) < 4.78 is 69.8. The number of para-hydroxylation sites is 1. The van der Waals surface area contributed by atoms with Crippen molar-refractivity contribution in [2.24, 2.45) is 0 Å². The van der Waals surface area contributed by atoms with Gasteiger partial charge in [0.2, 0.25) is 11.3 Å². The van der Waals surface area contributed by atoms with Gasteiger partial charge in [0.05, 0.1) is 24.5 Å². The Bertz CT molecular complexity index is 1400. The van der Waals surface area contributed by atoms with Crippen molar-refractivity contribution in [3.8, 4) is 5.69 Å². The molecule has 4 rings (SSSR count). The molecular weight excluding hydrogens is 491 g/mol. The molecule has 0 radical (unpaired) electrons. The van der Waals surface area contributed by atoms with E-state index in [1.54, 1.807) is 5.32 Å². The maximum Gasteiger partial charge on any atom is 0.408 e. The van der Waals surface area contributed by atoms with Gasteiger partial charge in [0, 0.05) is 6.20 Å². The summed E-state index contributed by atoms with van der Waals surface area (Å²) in [6, 6.07) is 3.00. The van der Waals surface area contributed by atoms with E-state index in [1.807, 2.05) is 0 Å². The number of alkyl halides is 3. The van der Waals surface area contributed by atoms with E-state index < -0.39 is 64.9 Å². The lowest BCUT2D eigenvalue weighted by atomic mass is 10.1. The third kappa shape index (κ3) is 4.53. The summed E-state index contributed by atoms with van der Waals surface area (Å²) in [5.74, 6) is -4.11. The Hall–Kier alpha value is -3.87. The molecule has 1 aromatic carbocycles. The van der Waals surface area contributed by atoms with Crippen LogP contribution in [-0.4, -0.2) is 51.3 Å². The van der Waals surface area contributed by atoms with Gasteiger partial charge in [-0.15, -0.1) is 0 Å². The monoisotopic (exact) mass is 510 g/mol. The lowest BCUT2D eigenvalue weighted by Crippen LogP contribution is -2.46. The molecule has 2 unspecified atom stereocenters. The first-order valence-electron chi connectivity index (χ1n) is 10.8. The Morgan fingerprint density at radius 3 is 2.42 bits per heavy atom. The van der Waals surface area contributed by atoms with Crippen molar-refractivity contribution in [3.05, 3.63) is 63.9 Å². The summed E-state index contributed by atoms with van der Waals surface area (Å²) in [5.41, 5.74) is -2.92. The first-order chi connectivity index (χ1) is 16.9. The summed E-state index contributed by atoms with van der Waals surface area (Å²) in [7, 11) is 0. The van der Waals surface area contributed by atoms with Gasteiger partial charge >= 0.3 is 6.18 Å². The highest BCUT2D eigenvalue weighted by molar-refractivity contribution is 5.99. The molecule has 190 valence electrons. The van der Waals surface area contributed by atoms with Gasteiger partial charge < -0.3 is 10.4 Å². The number of carbonyl (C=O) groups excluding carboxylic acids is 2. The summed E-state index contributed by atoms with van der Waals surface area (Å²) in [6.07, 6.45) is -5.74. The molecule has 1 fully saturated rings. The molecule has 0 bridgehead atoms. The number of amides is 2. The van der Waals surface area contributed by atoms with Crippen molar-refractivity contribution < 1.29 is 36.6 Å². The number of halogens is 5. The molecule has 8 nitrogen and oxygen atoms in total. The van der Waals surface area contributed by atoms with Crippen LogP contribution in [0.15, 0.2) is 41.3 Å². The van der Waals surface area contributed by atoms with E-state index in [2.05, 4.69) is 4.98 Å². The van der Waals surface area contributed by atoms with Crippen LogP contribution < -0.4 is 15.6 Å². The van der Waals surface area contributed by atoms with E-state index in [1.165, 1.54) is 13.0 Å². The minimum absolute atomic E-state index is 0.0331. The summed E-state index contributed by atoms with van der Waals surface area (Å²) in [6.45, 7) is 1.08. The van der Waals surface area contributed by atoms with Gasteiger partial charge in [-0.05, 0) is 30.7 Å². The summed E-state index contributed by atoms with van der Waals surface area (Å²) in [4.78, 5) is 43.3. The topological polar surface area (TPSA) is 105 Å². The van der Waals surface area contributed by atoms with E-state index in [4.69, 9.17) is 0 Å². The molecule has 0 saturated carbocycles. The number of fused-ring (bicyclic) bond motifs is 1. The maximum atomic E-state index is 14.7. The molecule has 1 saturated heterocycles. The minimum Gasteiger partial charge on any atom is -0.391 e. The Kier molecular flexibility index (Phi) is 6.52. The van der Waals surface area contributed by atoms with Gasteiger partial charge in [-0.1, -0.05) is 13.0 Å². The van der Waals surface area contributed by atoms with E-state index in [9.17, 15) is 41.4 Å². The zero-order valence-corrected chi connectivity index (χ0v) is 18.6. The van der Waals surface area contributed by atoms with Crippen molar-refractivity contribution in [2.75, 3.05) is 11.4 Å². The van der Waals surface area contributed by atoms with Gasteiger partial charge in [0.25, 0.3) is 5.91 Å². The average Bonchev–Trinajstić information content (AvgIpc) is 3.15. The summed E-state index contributed by atoms with van der Waals surface area (Å²) in [5, 5.41) is 11.2. The molecule has 2 amide bonds. The number of β-amino-alcohol motifs (C(OH)–C–C–N with tert-alkyl or cyclic N) is 1. The number of anilines is 1. The Balaban J connectivity index is 1.95. The van der Waals surface area contributed by atoms with Crippen LogP contribution in [0.25, 0.3) is 16.7 Å². The lowest BCUT2D eigenvalue weighted by molar-refractivity contribution is -0.153. The zero-order chi connectivity index (χ0) is 26.4. The van der Waals surface area contributed by atoms with E-state index >= 15 is 0 Å². The molecule has 36 heavy (non-hydrogen) atoms. The number of aliphatic hydroxyl groups excluding tert-OH is 1. The van der Waals surface area contributed by atoms with Crippen LogP contribution in [0.3, 0.4) is 0 Å². The van der Waals surface area contributed by atoms with E-state index in [0.29, 0.717) is 6.20 Å². The second kappa shape index (κ2) is 9.30. The third-order valence-electron chi connectivity index (χ3n) is 5.75. The predicted octanol–water partition coefficient (Wildman–Crippen LogP) is 2.83. The molecular formula is C23H19F5N4O4. The number of hydrogen-bond donors (Lipinski definition) is 2. The van der Waals surface area contributed by atoms with Crippen molar-refractivity contribution in [1.82, 2.24) is 14.9 Å². The summed E-state index contributed by atoms with van der Waals surface area (Å²) >= 11 is 0. The van der Waals surface area contributed by atoms with E-state index in [-0.39, 0.29) is 29.8 Å². The molecule has 3 heterocycles. The third-order valence-corrected chi connectivity index (χ3v) is 5.75. The lowest BCUT2D eigenvalue weighted by Gasteiger charge is -2.21. The van der Waals surface area contributed by atoms with Crippen molar-refractivity contribution >= 4 is 28.7 Å². The minimum atomic E-state index is -4.79. The fraction of sp³-hybridized carbons (Fsp3) is 0.304. The van der Waals surface area contributed by atoms with Crippen LogP contribution in [-0.2, 0) is 4.79 Å². The molecule has 13 heteroatoms. The molecule has 1 aliphatic heterocycles. The van der Waals surface area contributed by atoms with Crippen LogP contribution >= 0.6 is 0 Å². The van der Waals surface area contributed by atoms with Crippen LogP contribution in [0, 0.1) is 11.6 Å². The average molecular weight is 510 g/mol. The van der Waals surface area contributed by atoms with Crippen LogP contribution in [0.5, 0.6) is 0 Å². The largest absolute Gasteiger partial charge is 0.408 e.